The quantitative estimate of drug-likeness (QED) is 0.255. The van der Waals surface area contributed by atoms with Gasteiger partial charge in [-0.3, -0.25) is 9.78 Å². The molecule has 7 heteroatoms. The molecule has 0 bridgehead atoms. The van der Waals surface area contributed by atoms with Crippen molar-refractivity contribution >= 4 is 5.91 Å². The van der Waals surface area contributed by atoms with Crippen molar-refractivity contribution in [1.82, 2.24) is 15.2 Å². The average Bonchev–Trinajstić information content (AvgIpc) is 3.48. The lowest BCUT2D eigenvalue weighted by atomic mass is 10.0. The number of carbonyl (C=O) groups excluding carboxylic acids is 1. The van der Waals surface area contributed by atoms with E-state index in [0.29, 0.717) is 37.7 Å². The number of nitrogens with zero attached hydrogens (tertiary/aromatic N) is 2. The monoisotopic (exact) mass is 537 g/mol. The van der Waals surface area contributed by atoms with Crippen molar-refractivity contribution in [3.05, 3.63) is 53.9 Å². The minimum Gasteiger partial charge on any atom is -0.486 e. The number of benzene rings is 1. The Morgan fingerprint density at radius 3 is 2.33 bits per heavy atom. The predicted molar refractivity (Wildman–Crippen MR) is 154 cm³/mol. The molecule has 2 aromatic rings. The van der Waals surface area contributed by atoms with Gasteiger partial charge in [0.2, 0.25) is 5.91 Å². The van der Waals surface area contributed by atoms with E-state index in [1.807, 2.05) is 36.7 Å². The standard InChI is InChI=1S/C32H47N3O4/c36-31(15-9-7-5-3-1-2-4-6-8-13-26-14-12-18-33-24-26)34-28(25-35-19-10-11-20-35)32(37)27-16-17-29-30(23-27)39-22-21-38-29/h12,14,16-18,23-24,28,32,37H,1-11,13,15,19-22,25H2,(H,34,36)/t28-,32-/m1/s1. The number of hydrogen-bond donors (Lipinski definition) is 2. The Hall–Kier alpha value is -2.64. The average molecular weight is 538 g/mol. The summed E-state index contributed by atoms with van der Waals surface area (Å²) in [5, 5.41) is 14.4. The summed E-state index contributed by atoms with van der Waals surface area (Å²) in [5.74, 6) is 1.40. The molecule has 1 fully saturated rings. The number of carbonyl (C=O) groups is 1. The van der Waals surface area contributed by atoms with Crippen molar-refractivity contribution in [2.75, 3.05) is 32.8 Å². The molecule has 2 N–H and O–H groups in total. The molecule has 0 radical (unpaired) electrons. The van der Waals surface area contributed by atoms with Crippen molar-refractivity contribution < 1.29 is 19.4 Å². The van der Waals surface area contributed by atoms with Crippen LogP contribution in [0.5, 0.6) is 11.5 Å². The lowest BCUT2D eigenvalue weighted by molar-refractivity contribution is -0.123. The van der Waals surface area contributed by atoms with Crippen LogP contribution in [0, 0.1) is 0 Å². The van der Waals surface area contributed by atoms with Crippen LogP contribution >= 0.6 is 0 Å². The number of ether oxygens (including phenoxy) is 2. The highest BCUT2D eigenvalue weighted by atomic mass is 16.6. The number of aliphatic hydroxyl groups excluding tert-OH is 1. The van der Waals surface area contributed by atoms with E-state index in [0.717, 1.165) is 37.9 Å². The molecule has 2 atom stereocenters. The molecule has 0 saturated carbocycles. The normalized spacial score (nSPS) is 16.6. The molecule has 214 valence electrons. The van der Waals surface area contributed by atoms with Crippen molar-refractivity contribution in [2.24, 2.45) is 0 Å². The van der Waals surface area contributed by atoms with Gasteiger partial charge in [-0.15, -0.1) is 0 Å². The van der Waals surface area contributed by atoms with Crippen LogP contribution in [0.3, 0.4) is 0 Å². The van der Waals surface area contributed by atoms with E-state index >= 15 is 0 Å². The SMILES string of the molecule is O=C(CCCCCCCCCCCc1cccnc1)N[C@H](CN1CCCC1)[C@H](O)c1ccc2c(c1)OCCO2. The number of pyridine rings is 1. The minimum absolute atomic E-state index is 0.0319. The van der Waals surface area contributed by atoms with Crippen LogP contribution in [0.25, 0.3) is 0 Å². The summed E-state index contributed by atoms with van der Waals surface area (Å²) >= 11 is 0. The number of fused-ring (bicyclic) bond motifs is 1. The number of aliphatic hydroxyl groups is 1. The number of amides is 1. The fraction of sp³-hybridized carbons (Fsp3) is 0.625. The van der Waals surface area contributed by atoms with Gasteiger partial charge < -0.3 is 24.8 Å². The van der Waals surface area contributed by atoms with Crippen LogP contribution < -0.4 is 14.8 Å². The second-order valence-corrected chi connectivity index (χ2v) is 11.1. The molecule has 1 aromatic carbocycles. The smallest absolute Gasteiger partial charge is 0.220 e. The number of aromatic nitrogens is 1. The van der Waals surface area contributed by atoms with Crippen molar-refractivity contribution in [3.8, 4) is 11.5 Å². The topological polar surface area (TPSA) is 83.9 Å². The van der Waals surface area contributed by atoms with E-state index in [4.69, 9.17) is 9.47 Å². The van der Waals surface area contributed by atoms with Crippen LogP contribution in [0.4, 0.5) is 0 Å². The van der Waals surface area contributed by atoms with E-state index in [9.17, 15) is 9.90 Å². The largest absolute Gasteiger partial charge is 0.486 e. The third-order valence-corrected chi connectivity index (χ3v) is 7.88. The molecule has 0 aliphatic carbocycles. The molecule has 1 saturated heterocycles. The fourth-order valence-electron chi connectivity index (χ4n) is 5.62. The van der Waals surface area contributed by atoms with Crippen LogP contribution in [-0.4, -0.2) is 59.8 Å². The van der Waals surface area contributed by atoms with Gasteiger partial charge >= 0.3 is 0 Å². The molecule has 2 aliphatic heterocycles. The Bertz CT molecular complexity index is 981. The van der Waals surface area contributed by atoms with Crippen molar-refractivity contribution in [2.45, 2.75) is 95.6 Å². The first-order valence-electron chi connectivity index (χ1n) is 15.2. The minimum atomic E-state index is -0.797. The zero-order chi connectivity index (χ0) is 27.1. The number of likely N-dealkylation sites (tertiary alicyclic amines) is 1. The zero-order valence-corrected chi connectivity index (χ0v) is 23.5. The van der Waals surface area contributed by atoms with Crippen LogP contribution in [-0.2, 0) is 11.2 Å². The molecule has 2 aliphatic rings. The summed E-state index contributed by atoms with van der Waals surface area (Å²) in [6, 6.07) is 9.40. The molecule has 0 spiro atoms. The number of unbranched alkanes of at least 4 members (excludes halogenated alkanes) is 8. The number of aryl methyl sites for hydroxylation is 1. The van der Waals surface area contributed by atoms with Gasteiger partial charge in [0.1, 0.15) is 19.3 Å². The van der Waals surface area contributed by atoms with E-state index in [-0.39, 0.29) is 11.9 Å². The summed E-state index contributed by atoms with van der Waals surface area (Å²) in [6.07, 6.45) is 17.8. The number of hydrogen-bond acceptors (Lipinski definition) is 6. The fourth-order valence-corrected chi connectivity index (χ4v) is 5.62. The Morgan fingerprint density at radius 2 is 1.62 bits per heavy atom. The predicted octanol–water partition coefficient (Wildman–Crippen LogP) is 5.61. The third-order valence-electron chi connectivity index (χ3n) is 7.88. The lowest BCUT2D eigenvalue weighted by Crippen LogP contribution is -2.46. The molecule has 0 unspecified atom stereocenters. The van der Waals surface area contributed by atoms with Gasteiger partial charge in [-0.1, -0.05) is 57.1 Å². The summed E-state index contributed by atoms with van der Waals surface area (Å²) in [4.78, 5) is 19.4. The van der Waals surface area contributed by atoms with E-state index in [2.05, 4.69) is 21.3 Å². The number of rotatable bonds is 17. The first kappa shape index (κ1) is 29.3. The second-order valence-electron chi connectivity index (χ2n) is 11.1. The van der Waals surface area contributed by atoms with Crippen molar-refractivity contribution in [1.29, 1.82) is 0 Å². The first-order valence-corrected chi connectivity index (χ1v) is 15.2. The maximum Gasteiger partial charge on any atom is 0.220 e. The Labute approximate surface area is 234 Å². The Kier molecular flexibility index (Phi) is 12.4. The Morgan fingerprint density at radius 1 is 0.923 bits per heavy atom. The summed E-state index contributed by atoms with van der Waals surface area (Å²) in [7, 11) is 0. The van der Waals surface area contributed by atoms with E-state index in [1.54, 1.807) is 0 Å². The van der Waals surface area contributed by atoms with E-state index in [1.165, 1.54) is 63.4 Å². The molecule has 7 nitrogen and oxygen atoms in total. The molecular weight excluding hydrogens is 490 g/mol. The zero-order valence-electron chi connectivity index (χ0n) is 23.5. The maximum atomic E-state index is 12.8. The second kappa shape index (κ2) is 16.5. The molecular formula is C32H47N3O4. The summed E-state index contributed by atoms with van der Waals surface area (Å²) in [5.41, 5.74) is 2.09. The van der Waals surface area contributed by atoms with Crippen LogP contribution in [0.15, 0.2) is 42.7 Å². The first-order chi connectivity index (χ1) is 19.2. The maximum absolute atomic E-state index is 12.8. The molecule has 1 amide bonds. The van der Waals surface area contributed by atoms with Gasteiger partial charge in [0.15, 0.2) is 11.5 Å². The molecule has 1 aromatic heterocycles. The van der Waals surface area contributed by atoms with Crippen molar-refractivity contribution in [3.63, 3.8) is 0 Å². The highest BCUT2D eigenvalue weighted by molar-refractivity contribution is 5.76. The van der Waals surface area contributed by atoms with Crippen LogP contribution in [0.2, 0.25) is 0 Å². The molecule has 39 heavy (non-hydrogen) atoms. The number of nitrogens with one attached hydrogen (secondary N) is 1. The van der Waals surface area contributed by atoms with Gasteiger partial charge in [0.05, 0.1) is 6.04 Å². The van der Waals surface area contributed by atoms with E-state index < -0.39 is 6.10 Å². The molecule has 3 heterocycles. The Balaban J connectivity index is 1.11. The van der Waals surface area contributed by atoms with Gasteiger partial charge in [0, 0.05) is 25.4 Å². The summed E-state index contributed by atoms with van der Waals surface area (Å²) in [6.45, 7) is 3.74. The third kappa shape index (κ3) is 10.1. The molecule has 4 rings (SSSR count). The van der Waals surface area contributed by atoms with Crippen LogP contribution in [0.1, 0.15) is 94.3 Å². The highest BCUT2D eigenvalue weighted by Gasteiger charge is 2.27. The van der Waals surface area contributed by atoms with Gasteiger partial charge in [-0.05, 0) is 74.5 Å². The van der Waals surface area contributed by atoms with Gasteiger partial charge in [-0.25, -0.2) is 0 Å². The van der Waals surface area contributed by atoms with Gasteiger partial charge in [0.25, 0.3) is 0 Å². The lowest BCUT2D eigenvalue weighted by Gasteiger charge is -2.29. The van der Waals surface area contributed by atoms with Gasteiger partial charge in [-0.2, -0.15) is 0 Å². The highest BCUT2D eigenvalue weighted by Crippen LogP contribution is 2.33. The summed E-state index contributed by atoms with van der Waals surface area (Å²) < 4.78 is 11.3.